The number of halogens is 2. The van der Waals surface area contributed by atoms with Crippen molar-refractivity contribution in [3.8, 4) is 0 Å². The minimum Gasteiger partial charge on any atom is -0.317 e. The zero-order valence-corrected chi connectivity index (χ0v) is 11.9. The summed E-state index contributed by atoms with van der Waals surface area (Å²) in [7, 11) is 0. The van der Waals surface area contributed by atoms with E-state index in [2.05, 4.69) is 17.1 Å². The van der Waals surface area contributed by atoms with E-state index in [4.69, 9.17) is 0 Å². The Kier molecular flexibility index (Phi) is 8.84. The standard InChI is InChI=1S/C12H24N2.2ClH/c1-11-3-2-8-14(9-11)10-12-4-6-13-7-5-12;;/h11-13H,2-10H2,1H3;2*1H. The minimum atomic E-state index is 0. The van der Waals surface area contributed by atoms with Gasteiger partial charge in [-0.1, -0.05) is 6.92 Å². The van der Waals surface area contributed by atoms with Crippen LogP contribution in [0.3, 0.4) is 0 Å². The SMILES string of the molecule is CC1CCCN(CC2CCNCC2)C1.Cl.Cl. The number of rotatable bonds is 2. The molecule has 1 atom stereocenters. The molecule has 2 fully saturated rings. The summed E-state index contributed by atoms with van der Waals surface area (Å²) < 4.78 is 0. The molecule has 2 saturated heterocycles. The van der Waals surface area contributed by atoms with E-state index in [9.17, 15) is 0 Å². The Morgan fingerprint density at radius 2 is 1.81 bits per heavy atom. The molecule has 0 radical (unpaired) electrons. The molecule has 0 aromatic heterocycles. The van der Waals surface area contributed by atoms with Crippen molar-refractivity contribution in [2.24, 2.45) is 11.8 Å². The molecular weight excluding hydrogens is 243 g/mol. The van der Waals surface area contributed by atoms with Crippen molar-refractivity contribution in [1.82, 2.24) is 10.2 Å². The number of piperidine rings is 2. The largest absolute Gasteiger partial charge is 0.317 e. The van der Waals surface area contributed by atoms with Crippen LogP contribution in [0.1, 0.15) is 32.6 Å². The maximum absolute atomic E-state index is 3.44. The first-order chi connectivity index (χ1) is 6.84. The van der Waals surface area contributed by atoms with Gasteiger partial charge < -0.3 is 10.2 Å². The molecule has 16 heavy (non-hydrogen) atoms. The lowest BCUT2D eigenvalue weighted by Gasteiger charge is -2.35. The Labute approximate surface area is 112 Å². The fourth-order valence-corrected chi connectivity index (χ4v) is 2.88. The molecular formula is C12H26Cl2N2. The lowest BCUT2D eigenvalue weighted by atomic mass is 9.94. The van der Waals surface area contributed by atoms with Crippen LogP contribution < -0.4 is 5.32 Å². The topological polar surface area (TPSA) is 15.3 Å². The van der Waals surface area contributed by atoms with E-state index in [1.54, 1.807) is 0 Å². The van der Waals surface area contributed by atoms with E-state index in [0.29, 0.717) is 0 Å². The van der Waals surface area contributed by atoms with E-state index in [1.165, 1.54) is 58.4 Å². The van der Waals surface area contributed by atoms with Crippen LogP contribution in [0.5, 0.6) is 0 Å². The van der Waals surface area contributed by atoms with Crippen LogP contribution in [-0.4, -0.2) is 37.6 Å². The quantitative estimate of drug-likeness (QED) is 0.829. The molecule has 0 aromatic rings. The second-order valence-electron chi connectivity index (χ2n) is 5.20. The highest BCUT2D eigenvalue weighted by Crippen LogP contribution is 2.19. The summed E-state index contributed by atoms with van der Waals surface area (Å²) in [6.45, 7) is 8.96. The van der Waals surface area contributed by atoms with Gasteiger partial charge >= 0.3 is 0 Å². The minimum absolute atomic E-state index is 0. The zero-order valence-electron chi connectivity index (χ0n) is 10.3. The summed E-state index contributed by atoms with van der Waals surface area (Å²) in [5.74, 6) is 1.91. The predicted octanol–water partition coefficient (Wildman–Crippen LogP) is 2.56. The van der Waals surface area contributed by atoms with Crippen molar-refractivity contribution >= 4 is 24.8 Å². The van der Waals surface area contributed by atoms with Gasteiger partial charge in [0.25, 0.3) is 0 Å². The Bertz CT molecular complexity index is 172. The predicted molar refractivity (Wildman–Crippen MR) is 74.9 cm³/mol. The van der Waals surface area contributed by atoms with Crippen LogP contribution in [0.4, 0.5) is 0 Å². The van der Waals surface area contributed by atoms with Crippen LogP contribution in [0.25, 0.3) is 0 Å². The van der Waals surface area contributed by atoms with Gasteiger partial charge in [-0.25, -0.2) is 0 Å². The Hall–Kier alpha value is 0.500. The second kappa shape index (κ2) is 8.57. The van der Waals surface area contributed by atoms with Gasteiger partial charge in [0.05, 0.1) is 0 Å². The lowest BCUT2D eigenvalue weighted by molar-refractivity contribution is 0.147. The van der Waals surface area contributed by atoms with Crippen molar-refractivity contribution in [3.63, 3.8) is 0 Å². The third kappa shape index (κ3) is 5.22. The molecule has 2 aliphatic heterocycles. The molecule has 0 bridgehead atoms. The zero-order chi connectivity index (χ0) is 9.80. The van der Waals surface area contributed by atoms with Crippen molar-refractivity contribution in [3.05, 3.63) is 0 Å². The van der Waals surface area contributed by atoms with Crippen LogP contribution in [0.2, 0.25) is 0 Å². The first-order valence-electron chi connectivity index (χ1n) is 6.27. The number of hydrogen-bond acceptors (Lipinski definition) is 2. The number of hydrogen-bond donors (Lipinski definition) is 1. The summed E-state index contributed by atoms with van der Waals surface area (Å²) in [5.41, 5.74) is 0. The third-order valence-electron chi connectivity index (χ3n) is 3.72. The van der Waals surface area contributed by atoms with Crippen molar-refractivity contribution in [2.75, 3.05) is 32.7 Å². The fraction of sp³-hybridized carbons (Fsp3) is 1.00. The highest BCUT2D eigenvalue weighted by atomic mass is 35.5. The van der Waals surface area contributed by atoms with Gasteiger partial charge in [0, 0.05) is 13.1 Å². The highest BCUT2D eigenvalue weighted by Gasteiger charge is 2.20. The lowest BCUT2D eigenvalue weighted by Crippen LogP contribution is -2.40. The van der Waals surface area contributed by atoms with E-state index in [1.807, 2.05) is 0 Å². The molecule has 0 spiro atoms. The monoisotopic (exact) mass is 268 g/mol. The van der Waals surface area contributed by atoms with Crippen LogP contribution in [0.15, 0.2) is 0 Å². The van der Waals surface area contributed by atoms with Gasteiger partial charge in [0.15, 0.2) is 0 Å². The average molecular weight is 269 g/mol. The summed E-state index contributed by atoms with van der Waals surface area (Å²) in [6, 6.07) is 0. The molecule has 4 heteroatoms. The number of nitrogens with zero attached hydrogens (tertiary/aromatic N) is 1. The van der Waals surface area contributed by atoms with Gasteiger partial charge in [-0.15, -0.1) is 24.8 Å². The Balaban J connectivity index is 0.00000112. The molecule has 0 saturated carbocycles. The van der Waals surface area contributed by atoms with Crippen LogP contribution >= 0.6 is 24.8 Å². The molecule has 0 aliphatic carbocycles. The van der Waals surface area contributed by atoms with E-state index < -0.39 is 0 Å². The van der Waals surface area contributed by atoms with Gasteiger partial charge in [0.1, 0.15) is 0 Å². The molecule has 0 aromatic carbocycles. The molecule has 2 heterocycles. The first-order valence-corrected chi connectivity index (χ1v) is 6.27. The van der Waals surface area contributed by atoms with Gasteiger partial charge in [0.2, 0.25) is 0 Å². The normalized spacial score (nSPS) is 27.9. The fourth-order valence-electron chi connectivity index (χ4n) is 2.88. The smallest absolute Gasteiger partial charge is 0.00107 e. The van der Waals surface area contributed by atoms with Crippen LogP contribution in [-0.2, 0) is 0 Å². The third-order valence-corrected chi connectivity index (χ3v) is 3.72. The molecule has 98 valence electrons. The Morgan fingerprint density at radius 1 is 1.12 bits per heavy atom. The van der Waals surface area contributed by atoms with Crippen molar-refractivity contribution in [1.29, 1.82) is 0 Å². The first kappa shape index (κ1) is 16.5. The van der Waals surface area contributed by atoms with E-state index in [-0.39, 0.29) is 24.8 Å². The van der Waals surface area contributed by atoms with Crippen molar-refractivity contribution in [2.45, 2.75) is 32.6 Å². The Morgan fingerprint density at radius 3 is 2.44 bits per heavy atom. The molecule has 2 rings (SSSR count). The highest BCUT2D eigenvalue weighted by molar-refractivity contribution is 5.85. The molecule has 1 N–H and O–H groups in total. The maximum atomic E-state index is 3.44. The second-order valence-corrected chi connectivity index (χ2v) is 5.20. The molecule has 1 unspecified atom stereocenters. The van der Waals surface area contributed by atoms with Gasteiger partial charge in [-0.3, -0.25) is 0 Å². The van der Waals surface area contributed by atoms with E-state index in [0.717, 1.165) is 11.8 Å². The summed E-state index contributed by atoms with van der Waals surface area (Å²) in [5, 5.41) is 3.44. The molecule has 0 amide bonds. The number of nitrogens with one attached hydrogen (secondary N) is 1. The van der Waals surface area contributed by atoms with Crippen LogP contribution in [0, 0.1) is 11.8 Å². The van der Waals surface area contributed by atoms with E-state index >= 15 is 0 Å². The summed E-state index contributed by atoms with van der Waals surface area (Å²) in [6.07, 6.45) is 5.66. The molecule has 2 nitrogen and oxygen atoms in total. The van der Waals surface area contributed by atoms with Gasteiger partial charge in [-0.2, -0.15) is 0 Å². The summed E-state index contributed by atoms with van der Waals surface area (Å²) in [4.78, 5) is 2.70. The average Bonchev–Trinajstić information content (AvgIpc) is 2.19. The van der Waals surface area contributed by atoms with Crippen molar-refractivity contribution < 1.29 is 0 Å². The summed E-state index contributed by atoms with van der Waals surface area (Å²) >= 11 is 0. The molecule has 2 aliphatic rings. The number of likely N-dealkylation sites (tertiary alicyclic amines) is 1. The maximum Gasteiger partial charge on any atom is 0.00107 e. The van der Waals surface area contributed by atoms with Gasteiger partial charge in [-0.05, 0) is 57.2 Å².